The molecule has 1 aromatic carbocycles. The monoisotopic (exact) mass is 406 g/mol. The van der Waals surface area contributed by atoms with Crippen molar-refractivity contribution in [3.8, 4) is 33.5 Å². The second kappa shape index (κ2) is 7.59. The molecular formula is C23H17F3N4. The molecule has 3 aromatic heterocycles. The van der Waals surface area contributed by atoms with Gasteiger partial charge in [-0.15, -0.1) is 0 Å². The first-order chi connectivity index (χ1) is 14.3. The van der Waals surface area contributed by atoms with Crippen LogP contribution in [-0.2, 0) is 6.18 Å². The number of halogens is 3. The van der Waals surface area contributed by atoms with Crippen LogP contribution in [0.2, 0.25) is 0 Å². The van der Waals surface area contributed by atoms with Gasteiger partial charge in [0.25, 0.3) is 0 Å². The zero-order valence-electron chi connectivity index (χ0n) is 16.0. The summed E-state index contributed by atoms with van der Waals surface area (Å²) >= 11 is 0. The van der Waals surface area contributed by atoms with Gasteiger partial charge in [0.1, 0.15) is 11.5 Å². The third-order valence-electron chi connectivity index (χ3n) is 4.62. The van der Waals surface area contributed by atoms with Crippen LogP contribution in [0.4, 0.5) is 19.0 Å². The van der Waals surface area contributed by atoms with Gasteiger partial charge in [-0.1, -0.05) is 24.3 Å². The summed E-state index contributed by atoms with van der Waals surface area (Å²) in [5, 5.41) is 0. The van der Waals surface area contributed by atoms with E-state index in [-0.39, 0.29) is 0 Å². The van der Waals surface area contributed by atoms with Gasteiger partial charge in [-0.05, 0) is 54.4 Å². The zero-order valence-corrected chi connectivity index (χ0v) is 16.0. The summed E-state index contributed by atoms with van der Waals surface area (Å²) in [6.45, 7) is 1.85. The van der Waals surface area contributed by atoms with Gasteiger partial charge in [0, 0.05) is 34.8 Å². The Balaban J connectivity index is 1.72. The topological polar surface area (TPSA) is 64.7 Å². The van der Waals surface area contributed by atoms with Crippen molar-refractivity contribution in [2.45, 2.75) is 13.1 Å². The zero-order chi connectivity index (χ0) is 21.3. The van der Waals surface area contributed by atoms with Gasteiger partial charge in [0.15, 0.2) is 0 Å². The van der Waals surface area contributed by atoms with Crippen molar-refractivity contribution in [2.24, 2.45) is 0 Å². The average molecular weight is 406 g/mol. The second-order valence-corrected chi connectivity index (χ2v) is 6.86. The molecule has 0 aliphatic carbocycles. The highest BCUT2D eigenvalue weighted by Gasteiger charge is 2.32. The molecular weight excluding hydrogens is 389 g/mol. The van der Waals surface area contributed by atoms with Gasteiger partial charge in [0.05, 0.1) is 5.69 Å². The smallest absolute Gasteiger partial charge is 0.384 e. The highest BCUT2D eigenvalue weighted by atomic mass is 19.4. The SMILES string of the molecule is Cc1cc(-c2ccc(C(F)(F)F)nc2)cc(-c2cccc(-c3ccc(N)nc3)c2)n1. The molecule has 4 nitrogen and oxygen atoms in total. The third kappa shape index (κ3) is 4.15. The highest BCUT2D eigenvalue weighted by Crippen LogP contribution is 2.31. The van der Waals surface area contributed by atoms with Gasteiger partial charge < -0.3 is 5.73 Å². The number of benzene rings is 1. The van der Waals surface area contributed by atoms with E-state index in [1.54, 1.807) is 12.3 Å². The van der Waals surface area contributed by atoms with Crippen molar-refractivity contribution in [2.75, 3.05) is 5.73 Å². The minimum Gasteiger partial charge on any atom is -0.384 e. The molecule has 0 radical (unpaired) electrons. The fourth-order valence-electron chi connectivity index (χ4n) is 3.15. The molecule has 0 amide bonds. The van der Waals surface area contributed by atoms with Gasteiger partial charge in [0.2, 0.25) is 0 Å². The van der Waals surface area contributed by atoms with Crippen molar-refractivity contribution in [3.63, 3.8) is 0 Å². The van der Waals surface area contributed by atoms with E-state index in [2.05, 4.69) is 15.0 Å². The van der Waals surface area contributed by atoms with E-state index in [4.69, 9.17) is 5.73 Å². The Morgan fingerprint density at radius 2 is 1.43 bits per heavy atom. The van der Waals surface area contributed by atoms with E-state index >= 15 is 0 Å². The number of nitrogens with zero attached hydrogens (tertiary/aromatic N) is 3. The number of aromatic nitrogens is 3. The molecule has 4 aromatic rings. The Labute approximate surface area is 171 Å². The van der Waals surface area contributed by atoms with E-state index in [0.717, 1.165) is 39.7 Å². The lowest BCUT2D eigenvalue weighted by Gasteiger charge is -2.10. The molecule has 0 fully saturated rings. The van der Waals surface area contributed by atoms with Gasteiger partial charge in [-0.25, -0.2) is 4.98 Å². The molecule has 0 aliphatic rings. The van der Waals surface area contributed by atoms with Crippen LogP contribution in [0.3, 0.4) is 0 Å². The van der Waals surface area contributed by atoms with Crippen LogP contribution in [-0.4, -0.2) is 15.0 Å². The molecule has 7 heteroatoms. The molecule has 150 valence electrons. The number of rotatable bonds is 3. The molecule has 0 aliphatic heterocycles. The Kier molecular flexibility index (Phi) is 4.95. The van der Waals surface area contributed by atoms with Crippen molar-refractivity contribution in [1.29, 1.82) is 0 Å². The number of anilines is 1. The van der Waals surface area contributed by atoms with Crippen LogP contribution in [0.1, 0.15) is 11.4 Å². The van der Waals surface area contributed by atoms with Crippen LogP contribution in [0.15, 0.2) is 73.1 Å². The van der Waals surface area contributed by atoms with Crippen LogP contribution in [0.25, 0.3) is 33.5 Å². The summed E-state index contributed by atoms with van der Waals surface area (Å²) in [5.74, 6) is 0.449. The van der Waals surface area contributed by atoms with E-state index < -0.39 is 11.9 Å². The Morgan fingerprint density at radius 1 is 0.733 bits per heavy atom. The van der Waals surface area contributed by atoms with Crippen LogP contribution in [0.5, 0.6) is 0 Å². The Bertz CT molecular complexity index is 1180. The van der Waals surface area contributed by atoms with Crippen LogP contribution in [0, 0.1) is 6.92 Å². The van der Waals surface area contributed by atoms with E-state index in [9.17, 15) is 13.2 Å². The number of pyridine rings is 3. The molecule has 0 saturated heterocycles. The van der Waals surface area contributed by atoms with Crippen molar-refractivity contribution in [3.05, 3.63) is 84.4 Å². The molecule has 30 heavy (non-hydrogen) atoms. The minimum atomic E-state index is -4.46. The lowest BCUT2D eigenvalue weighted by molar-refractivity contribution is -0.141. The first-order valence-electron chi connectivity index (χ1n) is 9.14. The molecule has 0 unspecified atom stereocenters. The predicted octanol–water partition coefficient (Wildman–Crippen LogP) is 5.78. The van der Waals surface area contributed by atoms with Crippen molar-refractivity contribution in [1.82, 2.24) is 15.0 Å². The Morgan fingerprint density at radius 3 is 2.10 bits per heavy atom. The third-order valence-corrected chi connectivity index (χ3v) is 4.62. The van der Waals surface area contributed by atoms with Crippen molar-refractivity contribution >= 4 is 5.82 Å². The van der Waals surface area contributed by atoms with Gasteiger partial charge in [-0.2, -0.15) is 13.2 Å². The van der Waals surface area contributed by atoms with E-state index in [1.807, 2.05) is 49.4 Å². The largest absolute Gasteiger partial charge is 0.433 e. The van der Waals surface area contributed by atoms with E-state index in [0.29, 0.717) is 11.4 Å². The minimum absolute atomic E-state index is 0.449. The normalized spacial score (nSPS) is 11.5. The summed E-state index contributed by atoms with van der Waals surface area (Å²) in [5.41, 5.74) is 10.3. The standard InChI is InChI=1S/C23H17F3N4/c1-14-9-19(18-5-7-21(28-12-18)23(24,25)26)11-20(30-14)16-4-2-3-15(10-16)17-6-8-22(27)29-13-17/h2-13H,1H3,(H2,27,29). The van der Waals surface area contributed by atoms with Gasteiger partial charge >= 0.3 is 6.18 Å². The number of aryl methyl sites for hydroxylation is 1. The molecule has 4 rings (SSSR count). The molecule has 0 spiro atoms. The highest BCUT2D eigenvalue weighted by molar-refractivity contribution is 5.75. The lowest BCUT2D eigenvalue weighted by Crippen LogP contribution is -2.07. The molecule has 0 atom stereocenters. The van der Waals surface area contributed by atoms with Gasteiger partial charge in [-0.3, -0.25) is 9.97 Å². The molecule has 3 heterocycles. The summed E-state index contributed by atoms with van der Waals surface area (Å²) in [7, 11) is 0. The summed E-state index contributed by atoms with van der Waals surface area (Å²) in [6, 6.07) is 17.5. The maximum atomic E-state index is 12.8. The number of nitrogens with two attached hydrogens (primary N) is 1. The fraction of sp³-hybridized carbons (Fsp3) is 0.0870. The number of nitrogen functional groups attached to an aromatic ring is 1. The van der Waals surface area contributed by atoms with E-state index in [1.165, 1.54) is 12.3 Å². The number of hydrogen-bond donors (Lipinski definition) is 1. The second-order valence-electron chi connectivity index (χ2n) is 6.86. The maximum absolute atomic E-state index is 12.8. The average Bonchev–Trinajstić information content (AvgIpc) is 2.73. The molecule has 0 saturated carbocycles. The lowest BCUT2D eigenvalue weighted by atomic mass is 10.00. The molecule has 0 bridgehead atoms. The predicted molar refractivity (Wildman–Crippen MR) is 110 cm³/mol. The summed E-state index contributed by atoms with van der Waals surface area (Å²) in [4.78, 5) is 12.3. The van der Waals surface area contributed by atoms with Crippen LogP contribution < -0.4 is 5.73 Å². The number of alkyl halides is 3. The Hall–Kier alpha value is -3.74. The quantitative estimate of drug-likeness (QED) is 0.468. The fourth-order valence-corrected chi connectivity index (χ4v) is 3.15. The first kappa shape index (κ1) is 19.6. The first-order valence-corrected chi connectivity index (χ1v) is 9.14. The number of hydrogen-bond acceptors (Lipinski definition) is 4. The molecule has 2 N–H and O–H groups in total. The summed E-state index contributed by atoms with van der Waals surface area (Å²) in [6.07, 6.45) is -1.52. The van der Waals surface area contributed by atoms with Crippen molar-refractivity contribution < 1.29 is 13.2 Å². The van der Waals surface area contributed by atoms with Crippen LogP contribution >= 0.6 is 0 Å². The summed E-state index contributed by atoms with van der Waals surface area (Å²) < 4.78 is 38.4. The maximum Gasteiger partial charge on any atom is 0.433 e.